The molecular formula is C28H37FN4O5S. The average Bonchev–Trinajstić information content (AvgIpc) is 3.62. The minimum Gasteiger partial charge on any atom is -0.598 e. The summed E-state index contributed by atoms with van der Waals surface area (Å²) >= 11 is -1.50. The number of carbonyl (C=O) groups excluding carboxylic acids is 1. The quantitative estimate of drug-likeness (QED) is 0.367. The monoisotopic (exact) mass is 560 g/mol. The standard InChI is InChI=1S/C28H37FN4O5S/c1-27(2,3)39(37)32-28(13-12-18-8-9-18,24-7-5-6-14-30-24)19-10-11-21(29)22(15-19)31-25(34)23-16-20(38-4)17-33(23)26(35)36/h5-7,10-11,14-15,18,20,23,32H,8-9,12-13,16-17H2,1-4H3,(H,31,34)(H,35,36)/t20-,23-,28+,39?/m1/s1. The van der Waals surface area contributed by atoms with Crippen LogP contribution in [-0.2, 0) is 26.4 Å². The van der Waals surface area contributed by atoms with Gasteiger partial charge in [0.05, 0.1) is 24.0 Å². The van der Waals surface area contributed by atoms with E-state index < -0.39 is 51.6 Å². The minimum atomic E-state index is -1.50. The molecule has 0 spiro atoms. The van der Waals surface area contributed by atoms with E-state index in [0.717, 1.165) is 24.2 Å². The molecule has 1 aromatic carbocycles. The molecule has 2 fully saturated rings. The van der Waals surface area contributed by atoms with Gasteiger partial charge in [-0.25, -0.2) is 9.18 Å². The SMILES string of the molecule is CO[C@@H]1C[C@H](C(=O)Nc2cc([C@](CCC3CC3)(N[S+]([O-])C(C)(C)C)c3ccccn3)ccc2F)N(C(=O)O)C1. The lowest BCUT2D eigenvalue weighted by Crippen LogP contribution is -2.52. The number of carbonyl (C=O) groups is 2. The Labute approximate surface area is 231 Å². The Kier molecular flexibility index (Phi) is 8.85. The van der Waals surface area contributed by atoms with Gasteiger partial charge in [0, 0.05) is 31.1 Å². The summed E-state index contributed by atoms with van der Waals surface area (Å²) < 4.78 is 36.7. The van der Waals surface area contributed by atoms with Gasteiger partial charge in [0.2, 0.25) is 5.91 Å². The largest absolute Gasteiger partial charge is 0.598 e. The van der Waals surface area contributed by atoms with Crippen molar-refractivity contribution in [2.75, 3.05) is 19.0 Å². The highest BCUT2D eigenvalue weighted by atomic mass is 32.2. The zero-order valence-electron chi connectivity index (χ0n) is 22.8. The molecule has 1 aromatic heterocycles. The lowest BCUT2D eigenvalue weighted by molar-refractivity contribution is -0.120. The van der Waals surface area contributed by atoms with Gasteiger partial charge in [0.15, 0.2) is 0 Å². The second kappa shape index (κ2) is 11.8. The zero-order chi connectivity index (χ0) is 28.4. The van der Waals surface area contributed by atoms with E-state index in [4.69, 9.17) is 4.74 Å². The van der Waals surface area contributed by atoms with Crippen molar-refractivity contribution in [3.8, 4) is 0 Å². The molecule has 2 amide bonds. The number of likely N-dealkylation sites (tertiary alicyclic amines) is 1. The van der Waals surface area contributed by atoms with E-state index in [1.54, 1.807) is 18.3 Å². The van der Waals surface area contributed by atoms with Crippen LogP contribution in [0.25, 0.3) is 0 Å². The molecular weight excluding hydrogens is 523 g/mol. The summed E-state index contributed by atoms with van der Waals surface area (Å²) in [6.07, 6.45) is 3.86. The molecule has 212 valence electrons. The van der Waals surface area contributed by atoms with E-state index in [9.17, 15) is 19.2 Å². The molecule has 2 aromatic rings. The number of hydrogen-bond donors (Lipinski definition) is 3. The van der Waals surface area contributed by atoms with E-state index in [0.29, 0.717) is 23.6 Å². The number of amides is 2. The van der Waals surface area contributed by atoms with E-state index in [2.05, 4.69) is 15.0 Å². The maximum atomic E-state index is 15.1. The van der Waals surface area contributed by atoms with Gasteiger partial charge in [-0.1, -0.05) is 25.0 Å². The average molecular weight is 561 g/mol. The number of hydrogen-bond acceptors (Lipinski definition) is 6. The first-order chi connectivity index (χ1) is 18.4. The minimum absolute atomic E-state index is 0.0545. The highest BCUT2D eigenvalue weighted by Gasteiger charge is 2.45. The number of methoxy groups -OCH3 is 1. The highest BCUT2D eigenvalue weighted by Crippen LogP contribution is 2.42. The van der Waals surface area contributed by atoms with Crippen molar-refractivity contribution in [1.82, 2.24) is 14.6 Å². The third-order valence-electron chi connectivity index (χ3n) is 7.41. The number of pyridine rings is 1. The maximum absolute atomic E-state index is 15.1. The molecule has 0 radical (unpaired) electrons. The normalized spacial score (nSPS) is 21.8. The maximum Gasteiger partial charge on any atom is 0.408 e. The zero-order valence-corrected chi connectivity index (χ0v) is 23.6. The number of anilines is 1. The molecule has 9 nitrogen and oxygen atoms in total. The smallest absolute Gasteiger partial charge is 0.408 e. The van der Waals surface area contributed by atoms with Gasteiger partial charge in [-0.3, -0.25) is 14.7 Å². The second-order valence-corrected chi connectivity index (χ2v) is 13.3. The molecule has 39 heavy (non-hydrogen) atoms. The summed E-state index contributed by atoms with van der Waals surface area (Å²) in [5.41, 5.74) is 0.144. The van der Waals surface area contributed by atoms with E-state index in [1.165, 1.54) is 19.2 Å². The van der Waals surface area contributed by atoms with Crippen LogP contribution >= 0.6 is 0 Å². The van der Waals surface area contributed by atoms with Gasteiger partial charge >= 0.3 is 6.09 Å². The van der Waals surface area contributed by atoms with Crippen molar-refractivity contribution in [2.45, 2.75) is 75.3 Å². The Balaban J connectivity index is 1.73. The Bertz CT molecular complexity index is 1180. The van der Waals surface area contributed by atoms with E-state index in [1.807, 2.05) is 32.9 Å². The second-order valence-electron chi connectivity index (χ2n) is 11.3. The van der Waals surface area contributed by atoms with Gasteiger partial charge in [-0.2, -0.15) is 0 Å². The van der Waals surface area contributed by atoms with Crippen molar-refractivity contribution >= 4 is 29.0 Å². The van der Waals surface area contributed by atoms with Gasteiger partial charge < -0.3 is 19.7 Å². The van der Waals surface area contributed by atoms with Crippen LogP contribution in [0.3, 0.4) is 0 Å². The number of carboxylic acid groups (broad SMARTS) is 1. The molecule has 4 rings (SSSR count). The Morgan fingerprint density at radius 1 is 1.26 bits per heavy atom. The molecule has 1 saturated heterocycles. The lowest BCUT2D eigenvalue weighted by atomic mass is 9.82. The first-order valence-corrected chi connectivity index (χ1v) is 14.3. The predicted molar refractivity (Wildman–Crippen MR) is 147 cm³/mol. The van der Waals surface area contributed by atoms with Gasteiger partial charge in [-0.05, 0) is 69.4 Å². The molecule has 0 bridgehead atoms. The molecule has 1 saturated carbocycles. The number of aromatic nitrogens is 1. The van der Waals surface area contributed by atoms with Crippen LogP contribution in [0, 0.1) is 11.7 Å². The van der Waals surface area contributed by atoms with Crippen LogP contribution in [0.2, 0.25) is 0 Å². The molecule has 1 aliphatic carbocycles. The van der Waals surface area contributed by atoms with Crippen LogP contribution in [0.1, 0.15) is 64.1 Å². The first-order valence-electron chi connectivity index (χ1n) is 13.2. The number of nitrogens with zero attached hydrogens (tertiary/aromatic N) is 2. The number of benzene rings is 1. The summed E-state index contributed by atoms with van der Waals surface area (Å²) in [4.78, 5) is 30.5. The van der Waals surface area contributed by atoms with Gasteiger partial charge in [-0.15, -0.1) is 4.72 Å². The summed E-state index contributed by atoms with van der Waals surface area (Å²) in [7, 11) is 1.46. The van der Waals surface area contributed by atoms with Gasteiger partial charge in [0.1, 0.15) is 22.1 Å². The van der Waals surface area contributed by atoms with Crippen LogP contribution in [-0.4, -0.2) is 62.1 Å². The fraction of sp³-hybridized carbons (Fsp3) is 0.536. The van der Waals surface area contributed by atoms with Crippen LogP contribution in [0.5, 0.6) is 0 Å². The van der Waals surface area contributed by atoms with E-state index in [-0.39, 0.29) is 18.7 Å². The summed E-state index contributed by atoms with van der Waals surface area (Å²) in [5, 5.41) is 12.2. The number of ether oxygens (including phenoxy) is 1. The van der Waals surface area contributed by atoms with Crippen molar-refractivity contribution in [2.24, 2.45) is 5.92 Å². The number of halogens is 1. The Morgan fingerprint density at radius 3 is 2.59 bits per heavy atom. The summed E-state index contributed by atoms with van der Waals surface area (Å²) in [5.74, 6) is -0.736. The summed E-state index contributed by atoms with van der Waals surface area (Å²) in [6, 6.07) is 8.93. The third kappa shape index (κ3) is 6.71. The Hall–Kier alpha value is -2.73. The molecule has 1 unspecified atom stereocenters. The molecule has 1 aliphatic heterocycles. The van der Waals surface area contributed by atoms with Gasteiger partial charge in [0.25, 0.3) is 0 Å². The van der Waals surface area contributed by atoms with Crippen molar-refractivity contribution < 1.29 is 28.4 Å². The summed E-state index contributed by atoms with van der Waals surface area (Å²) in [6.45, 7) is 5.68. The Morgan fingerprint density at radius 2 is 2.00 bits per heavy atom. The van der Waals surface area contributed by atoms with Crippen LogP contribution < -0.4 is 10.0 Å². The molecule has 2 heterocycles. The van der Waals surface area contributed by atoms with Crippen LogP contribution in [0.4, 0.5) is 14.9 Å². The molecule has 3 N–H and O–H groups in total. The fourth-order valence-electron chi connectivity index (χ4n) is 4.87. The number of nitrogens with one attached hydrogen (secondary N) is 2. The lowest BCUT2D eigenvalue weighted by Gasteiger charge is -2.38. The van der Waals surface area contributed by atoms with Crippen molar-refractivity contribution in [3.05, 3.63) is 59.7 Å². The third-order valence-corrected chi connectivity index (χ3v) is 9.06. The molecule has 11 heteroatoms. The van der Waals surface area contributed by atoms with E-state index >= 15 is 4.39 Å². The topological polar surface area (TPSA) is 127 Å². The first kappa shape index (κ1) is 29.3. The van der Waals surface area contributed by atoms with Crippen LogP contribution in [0.15, 0.2) is 42.6 Å². The molecule has 4 atom stereocenters. The molecule has 2 aliphatic rings. The number of rotatable bonds is 10. The predicted octanol–water partition coefficient (Wildman–Crippen LogP) is 4.41. The van der Waals surface area contributed by atoms with Crippen molar-refractivity contribution in [3.63, 3.8) is 0 Å². The fourth-order valence-corrected chi connectivity index (χ4v) is 5.81. The van der Waals surface area contributed by atoms with Crippen molar-refractivity contribution in [1.29, 1.82) is 0 Å². The highest BCUT2D eigenvalue weighted by molar-refractivity contribution is 7.90.